The van der Waals surface area contributed by atoms with Crippen LogP contribution >= 0.6 is 11.8 Å². The van der Waals surface area contributed by atoms with Crippen molar-refractivity contribution in [1.82, 2.24) is 0 Å². The van der Waals surface area contributed by atoms with E-state index in [9.17, 15) is 5.11 Å². The molecule has 0 saturated carbocycles. The summed E-state index contributed by atoms with van der Waals surface area (Å²) in [6, 6.07) is 16.0. The van der Waals surface area contributed by atoms with Crippen molar-refractivity contribution in [1.29, 1.82) is 0 Å². The molecule has 1 N–H and O–H groups in total. The summed E-state index contributed by atoms with van der Waals surface area (Å²) in [5.41, 5.74) is 0.965. The number of aliphatic hydroxyl groups excluding tert-OH is 1. The van der Waals surface area contributed by atoms with Gasteiger partial charge >= 0.3 is 0 Å². The van der Waals surface area contributed by atoms with Crippen LogP contribution in [0.1, 0.15) is 25.0 Å². The molecule has 0 saturated heterocycles. The van der Waals surface area contributed by atoms with Crippen LogP contribution in [0.15, 0.2) is 58.3 Å². The molecule has 0 aliphatic heterocycles. The number of methoxy groups -OCH3 is 1. The van der Waals surface area contributed by atoms with Gasteiger partial charge in [0.15, 0.2) is 0 Å². The van der Waals surface area contributed by atoms with Crippen LogP contribution in [-0.2, 0) is 0 Å². The number of para-hydroxylation sites is 1. The van der Waals surface area contributed by atoms with E-state index in [1.165, 1.54) is 0 Å². The fourth-order valence-corrected chi connectivity index (χ4v) is 2.75. The van der Waals surface area contributed by atoms with Gasteiger partial charge in [-0.25, -0.2) is 0 Å². The van der Waals surface area contributed by atoms with Gasteiger partial charge in [0.05, 0.1) is 18.1 Å². The van der Waals surface area contributed by atoms with Gasteiger partial charge < -0.3 is 9.84 Å². The van der Waals surface area contributed by atoms with Gasteiger partial charge in [-0.3, -0.25) is 0 Å². The smallest absolute Gasteiger partial charge is 0.132 e. The Kier molecular flexibility index (Phi) is 4.88. The van der Waals surface area contributed by atoms with Crippen LogP contribution < -0.4 is 4.74 Å². The van der Waals surface area contributed by atoms with E-state index in [-0.39, 0.29) is 6.10 Å². The average molecular weight is 274 g/mol. The second-order valence-electron chi connectivity index (χ2n) is 4.25. The molecule has 0 aliphatic rings. The summed E-state index contributed by atoms with van der Waals surface area (Å²) >= 11 is 1.66. The Morgan fingerprint density at radius 3 is 2.42 bits per heavy atom. The minimum absolute atomic E-state index is 0.370. The van der Waals surface area contributed by atoms with Gasteiger partial charge in [-0.15, -0.1) is 0 Å². The first kappa shape index (κ1) is 14.0. The number of ether oxygens (including phenoxy) is 1. The van der Waals surface area contributed by atoms with Crippen molar-refractivity contribution in [2.24, 2.45) is 0 Å². The molecule has 2 rings (SSSR count). The zero-order chi connectivity index (χ0) is 13.7. The maximum Gasteiger partial charge on any atom is 0.132 e. The summed E-state index contributed by atoms with van der Waals surface area (Å²) in [7, 11) is 1.68. The second-order valence-corrected chi connectivity index (χ2v) is 5.36. The Morgan fingerprint density at radius 2 is 1.79 bits per heavy atom. The van der Waals surface area contributed by atoms with Crippen molar-refractivity contribution in [2.75, 3.05) is 7.11 Å². The van der Waals surface area contributed by atoms with Gasteiger partial charge in [-0.2, -0.15) is 0 Å². The minimum atomic E-state index is -0.370. The lowest BCUT2D eigenvalue weighted by Gasteiger charge is -2.10. The first-order valence-corrected chi connectivity index (χ1v) is 7.15. The van der Waals surface area contributed by atoms with Crippen LogP contribution in [0.3, 0.4) is 0 Å². The number of rotatable bonds is 5. The fourth-order valence-electron chi connectivity index (χ4n) is 1.82. The molecule has 1 atom stereocenters. The highest BCUT2D eigenvalue weighted by Crippen LogP contribution is 2.35. The molecule has 0 bridgehead atoms. The monoisotopic (exact) mass is 274 g/mol. The maximum atomic E-state index is 9.77. The molecule has 2 aromatic carbocycles. The highest BCUT2D eigenvalue weighted by molar-refractivity contribution is 7.99. The van der Waals surface area contributed by atoms with Gasteiger partial charge in [-0.1, -0.05) is 43.0 Å². The van der Waals surface area contributed by atoms with Crippen LogP contribution in [0.25, 0.3) is 0 Å². The molecule has 0 amide bonds. The Balaban J connectivity index is 2.15. The summed E-state index contributed by atoms with van der Waals surface area (Å²) in [6.45, 7) is 1.97. The summed E-state index contributed by atoms with van der Waals surface area (Å²) in [5, 5.41) is 9.77. The number of benzene rings is 2. The van der Waals surface area contributed by atoms with Crippen LogP contribution in [0.2, 0.25) is 0 Å². The SMILES string of the molecule is CC[C@@H](O)c1ccc(Sc2ccccc2OC)cc1. The Labute approximate surface area is 118 Å². The molecule has 2 aromatic rings. The number of hydrogen-bond acceptors (Lipinski definition) is 3. The molecule has 0 aromatic heterocycles. The molecule has 0 radical (unpaired) electrons. The Morgan fingerprint density at radius 1 is 1.11 bits per heavy atom. The lowest BCUT2D eigenvalue weighted by Crippen LogP contribution is -1.94. The lowest BCUT2D eigenvalue weighted by molar-refractivity contribution is 0.173. The normalized spacial score (nSPS) is 12.2. The number of hydrogen-bond donors (Lipinski definition) is 1. The fraction of sp³-hybridized carbons (Fsp3) is 0.250. The Bertz CT molecular complexity index is 523. The molecule has 19 heavy (non-hydrogen) atoms. The summed E-state index contributed by atoms with van der Waals surface area (Å²) in [6.07, 6.45) is 0.365. The van der Waals surface area contributed by atoms with Crippen molar-refractivity contribution in [3.63, 3.8) is 0 Å². The minimum Gasteiger partial charge on any atom is -0.496 e. The third kappa shape index (κ3) is 3.52. The van der Waals surface area contributed by atoms with Gasteiger partial charge in [0.25, 0.3) is 0 Å². The molecule has 100 valence electrons. The van der Waals surface area contributed by atoms with Crippen LogP contribution in [-0.4, -0.2) is 12.2 Å². The third-order valence-corrected chi connectivity index (χ3v) is 4.01. The molecule has 2 nitrogen and oxygen atoms in total. The molecule has 0 fully saturated rings. The van der Waals surface area contributed by atoms with E-state index in [2.05, 4.69) is 0 Å². The quantitative estimate of drug-likeness (QED) is 0.882. The molecule has 0 aliphatic carbocycles. The zero-order valence-corrected chi connectivity index (χ0v) is 12.0. The van der Waals surface area contributed by atoms with E-state index >= 15 is 0 Å². The predicted octanol–water partition coefficient (Wildman–Crippen LogP) is 4.29. The van der Waals surface area contributed by atoms with Crippen LogP contribution in [0.4, 0.5) is 0 Å². The second kappa shape index (κ2) is 6.64. The predicted molar refractivity (Wildman–Crippen MR) is 78.8 cm³/mol. The maximum absolute atomic E-state index is 9.77. The first-order chi connectivity index (χ1) is 9.24. The molecule has 0 spiro atoms. The highest BCUT2D eigenvalue weighted by Gasteiger charge is 2.06. The van der Waals surface area contributed by atoms with Crippen molar-refractivity contribution in [3.05, 3.63) is 54.1 Å². The zero-order valence-electron chi connectivity index (χ0n) is 11.2. The van der Waals surface area contributed by atoms with Crippen LogP contribution in [0.5, 0.6) is 5.75 Å². The van der Waals surface area contributed by atoms with Crippen molar-refractivity contribution >= 4 is 11.8 Å². The van der Waals surface area contributed by atoms with Crippen LogP contribution in [0, 0.1) is 0 Å². The van der Waals surface area contributed by atoms with E-state index in [0.29, 0.717) is 0 Å². The highest BCUT2D eigenvalue weighted by atomic mass is 32.2. The van der Waals surface area contributed by atoms with Gasteiger partial charge in [0.1, 0.15) is 5.75 Å². The number of aliphatic hydroxyl groups is 1. The van der Waals surface area contributed by atoms with E-state index in [1.54, 1.807) is 18.9 Å². The first-order valence-electron chi connectivity index (χ1n) is 6.33. The van der Waals surface area contributed by atoms with Gasteiger partial charge in [0.2, 0.25) is 0 Å². The summed E-state index contributed by atoms with van der Waals surface area (Å²) in [5.74, 6) is 0.880. The van der Waals surface area contributed by atoms with Gasteiger partial charge in [-0.05, 0) is 36.2 Å². The summed E-state index contributed by atoms with van der Waals surface area (Å²) < 4.78 is 5.34. The topological polar surface area (TPSA) is 29.5 Å². The molecular weight excluding hydrogens is 256 g/mol. The largest absolute Gasteiger partial charge is 0.496 e. The molecule has 3 heteroatoms. The van der Waals surface area contributed by atoms with E-state index in [1.807, 2.05) is 55.5 Å². The van der Waals surface area contributed by atoms with Gasteiger partial charge in [0, 0.05) is 4.90 Å². The molecular formula is C16H18O2S. The van der Waals surface area contributed by atoms with E-state index in [4.69, 9.17) is 4.74 Å². The van der Waals surface area contributed by atoms with Crippen molar-refractivity contribution in [3.8, 4) is 5.75 Å². The van der Waals surface area contributed by atoms with E-state index < -0.39 is 0 Å². The third-order valence-electron chi connectivity index (χ3n) is 2.95. The average Bonchev–Trinajstić information content (AvgIpc) is 2.48. The molecule has 0 heterocycles. The van der Waals surface area contributed by atoms with Crippen molar-refractivity contribution < 1.29 is 9.84 Å². The molecule has 0 unspecified atom stereocenters. The lowest BCUT2D eigenvalue weighted by atomic mass is 10.1. The summed E-state index contributed by atoms with van der Waals surface area (Å²) in [4.78, 5) is 2.23. The standard InChI is InChI=1S/C16H18O2S/c1-3-14(17)12-8-10-13(11-9-12)19-16-7-5-4-6-15(16)18-2/h4-11,14,17H,3H2,1-2H3/t14-/m1/s1. The van der Waals surface area contributed by atoms with E-state index in [0.717, 1.165) is 27.5 Å². The Hall–Kier alpha value is -1.45. The van der Waals surface area contributed by atoms with Crippen molar-refractivity contribution in [2.45, 2.75) is 29.2 Å².